The first-order chi connectivity index (χ1) is 8.24. The molecule has 0 bridgehead atoms. The van der Waals surface area contributed by atoms with Crippen molar-refractivity contribution in [3.8, 4) is 10.6 Å². The van der Waals surface area contributed by atoms with Gasteiger partial charge in [-0.25, -0.2) is 15.0 Å². The molecule has 0 spiro atoms. The van der Waals surface area contributed by atoms with Crippen LogP contribution in [0.5, 0.6) is 0 Å². The number of benzene rings is 1. The van der Waals surface area contributed by atoms with E-state index in [4.69, 9.17) is 11.6 Å². The summed E-state index contributed by atoms with van der Waals surface area (Å²) in [5.41, 5.74) is 1.75. The molecule has 2 aromatic heterocycles. The Balaban J connectivity index is 2.24. The number of hydrogen-bond acceptors (Lipinski definition) is 4. The van der Waals surface area contributed by atoms with Gasteiger partial charge in [-0.15, -0.1) is 0 Å². The average molecular weight is 262 g/mol. The second-order valence-corrected chi connectivity index (χ2v) is 4.94. The van der Waals surface area contributed by atoms with E-state index in [9.17, 15) is 0 Å². The van der Waals surface area contributed by atoms with Crippen molar-refractivity contribution in [3.63, 3.8) is 0 Å². The molecule has 2 heterocycles. The molecule has 84 valence electrons. The van der Waals surface area contributed by atoms with E-state index in [1.165, 1.54) is 11.3 Å². The van der Waals surface area contributed by atoms with Crippen molar-refractivity contribution in [1.82, 2.24) is 15.0 Å². The molecule has 0 unspecified atom stereocenters. The van der Waals surface area contributed by atoms with Gasteiger partial charge in [0.15, 0.2) is 5.15 Å². The molecule has 0 saturated carbocycles. The minimum atomic E-state index is 0.422. The third-order valence-electron chi connectivity index (χ3n) is 2.35. The summed E-state index contributed by atoms with van der Waals surface area (Å²) in [4.78, 5) is 13.8. The summed E-state index contributed by atoms with van der Waals surface area (Å²) in [6.07, 6.45) is 0. The molecule has 0 atom stereocenters. The van der Waals surface area contributed by atoms with Crippen molar-refractivity contribution < 1.29 is 0 Å². The minimum absolute atomic E-state index is 0.422. The fourth-order valence-electron chi connectivity index (χ4n) is 1.59. The van der Waals surface area contributed by atoms with Crippen LogP contribution in [0.4, 0.5) is 0 Å². The van der Waals surface area contributed by atoms with Crippen LogP contribution in [-0.2, 0) is 0 Å². The van der Waals surface area contributed by atoms with Gasteiger partial charge in [-0.3, -0.25) is 0 Å². The first kappa shape index (κ1) is 10.6. The van der Waals surface area contributed by atoms with Gasteiger partial charge in [-0.1, -0.05) is 53.3 Å². The fourth-order valence-corrected chi connectivity index (χ4v) is 2.89. The highest BCUT2D eigenvalue weighted by molar-refractivity contribution is 7.21. The molecule has 5 heteroatoms. The van der Waals surface area contributed by atoms with Crippen LogP contribution >= 0.6 is 22.9 Å². The second-order valence-electron chi connectivity index (χ2n) is 3.60. The topological polar surface area (TPSA) is 38.7 Å². The molecule has 3 aromatic rings. The number of hydrogen-bond donors (Lipinski definition) is 0. The highest BCUT2D eigenvalue weighted by Gasteiger charge is 2.11. The van der Waals surface area contributed by atoms with Crippen LogP contribution in [-0.4, -0.2) is 15.0 Å². The second kappa shape index (κ2) is 4.05. The Morgan fingerprint density at radius 2 is 1.82 bits per heavy atom. The Morgan fingerprint density at radius 3 is 2.59 bits per heavy atom. The largest absolute Gasteiger partial charge is 0.231 e. The average Bonchev–Trinajstić information content (AvgIpc) is 2.74. The van der Waals surface area contributed by atoms with Gasteiger partial charge < -0.3 is 0 Å². The van der Waals surface area contributed by atoms with Crippen molar-refractivity contribution in [2.75, 3.05) is 0 Å². The summed E-state index contributed by atoms with van der Waals surface area (Å²) < 4.78 is 0. The van der Waals surface area contributed by atoms with Gasteiger partial charge in [-0.05, 0) is 6.92 Å². The third kappa shape index (κ3) is 1.90. The summed E-state index contributed by atoms with van der Waals surface area (Å²) in [5.74, 6) is 0.672. The third-order valence-corrected chi connectivity index (χ3v) is 3.61. The lowest BCUT2D eigenvalue weighted by Crippen LogP contribution is -1.87. The van der Waals surface area contributed by atoms with Crippen LogP contribution in [0.25, 0.3) is 20.9 Å². The Kier molecular flexibility index (Phi) is 2.53. The van der Waals surface area contributed by atoms with E-state index >= 15 is 0 Å². The zero-order valence-electron chi connectivity index (χ0n) is 9.01. The van der Waals surface area contributed by atoms with Gasteiger partial charge in [0.25, 0.3) is 0 Å². The van der Waals surface area contributed by atoms with Gasteiger partial charge in [0.1, 0.15) is 21.2 Å². The molecule has 0 fully saturated rings. The highest BCUT2D eigenvalue weighted by atomic mass is 35.5. The van der Waals surface area contributed by atoms with E-state index in [0.717, 1.165) is 15.4 Å². The number of aryl methyl sites for hydroxylation is 1. The van der Waals surface area contributed by atoms with Gasteiger partial charge in [0, 0.05) is 5.56 Å². The molecule has 0 aliphatic carbocycles. The number of halogens is 1. The van der Waals surface area contributed by atoms with Gasteiger partial charge in [0.05, 0.1) is 0 Å². The number of rotatable bonds is 1. The molecule has 3 rings (SSSR count). The fraction of sp³-hybridized carbons (Fsp3) is 0.0833. The first-order valence-corrected chi connectivity index (χ1v) is 6.29. The summed E-state index contributed by atoms with van der Waals surface area (Å²) in [6, 6.07) is 9.99. The Labute approximate surface area is 107 Å². The van der Waals surface area contributed by atoms with E-state index in [2.05, 4.69) is 15.0 Å². The maximum absolute atomic E-state index is 6.06. The monoisotopic (exact) mass is 261 g/mol. The Morgan fingerprint density at radius 1 is 1.06 bits per heavy atom. The summed E-state index contributed by atoms with van der Waals surface area (Å²) in [7, 11) is 0. The number of fused-ring (bicyclic) bond motifs is 1. The zero-order valence-corrected chi connectivity index (χ0v) is 10.6. The number of nitrogens with zero attached hydrogens (tertiary/aromatic N) is 3. The maximum atomic E-state index is 6.06. The predicted molar refractivity (Wildman–Crippen MR) is 70.4 cm³/mol. The molecule has 0 aliphatic heterocycles. The van der Waals surface area contributed by atoms with Crippen molar-refractivity contribution in [1.29, 1.82) is 0 Å². The van der Waals surface area contributed by atoms with Crippen molar-refractivity contribution in [2.45, 2.75) is 6.92 Å². The minimum Gasteiger partial charge on any atom is -0.231 e. The first-order valence-electron chi connectivity index (χ1n) is 5.10. The van der Waals surface area contributed by atoms with Crippen LogP contribution in [0.3, 0.4) is 0 Å². The van der Waals surface area contributed by atoms with Crippen LogP contribution in [0.2, 0.25) is 5.15 Å². The van der Waals surface area contributed by atoms with Crippen LogP contribution in [0.1, 0.15) is 5.82 Å². The highest BCUT2D eigenvalue weighted by Crippen LogP contribution is 2.31. The smallest absolute Gasteiger partial charge is 0.159 e. The van der Waals surface area contributed by atoms with E-state index in [1.807, 2.05) is 37.3 Å². The quantitative estimate of drug-likeness (QED) is 0.627. The van der Waals surface area contributed by atoms with E-state index in [-0.39, 0.29) is 0 Å². The van der Waals surface area contributed by atoms with Crippen LogP contribution in [0, 0.1) is 6.92 Å². The molecule has 0 amide bonds. The van der Waals surface area contributed by atoms with Crippen LogP contribution in [0.15, 0.2) is 30.3 Å². The summed E-state index contributed by atoms with van der Waals surface area (Å²) >= 11 is 7.59. The molecule has 0 aliphatic rings. The summed E-state index contributed by atoms with van der Waals surface area (Å²) in [6.45, 7) is 1.83. The zero-order chi connectivity index (χ0) is 11.8. The normalized spacial score (nSPS) is 10.9. The number of thiazole rings is 1. The lowest BCUT2D eigenvalue weighted by Gasteiger charge is -1.92. The van der Waals surface area contributed by atoms with Gasteiger partial charge in [-0.2, -0.15) is 0 Å². The molecule has 1 aromatic carbocycles. The van der Waals surface area contributed by atoms with Gasteiger partial charge >= 0.3 is 0 Å². The maximum Gasteiger partial charge on any atom is 0.159 e. The van der Waals surface area contributed by atoms with E-state index < -0.39 is 0 Å². The molecule has 0 radical (unpaired) electrons. The van der Waals surface area contributed by atoms with E-state index in [1.54, 1.807) is 0 Å². The van der Waals surface area contributed by atoms with Crippen molar-refractivity contribution >= 4 is 33.3 Å². The SMILES string of the molecule is Cc1nc(Cl)c2nc(-c3ccccc3)sc2n1. The molecular weight excluding hydrogens is 254 g/mol. The predicted octanol–water partition coefficient (Wildman–Crippen LogP) is 3.72. The molecule has 17 heavy (non-hydrogen) atoms. The van der Waals surface area contributed by atoms with Crippen molar-refractivity contribution in [2.24, 2.45) is 0 Å². The lowest BCUT2D eigenvalue weighted by atomic mass is 10.2. The standard InChI is InChI=1S/C12H8ClN3S/c1-7-14-10(13)9-12(15-7)17-11(16-9)8-5-3-2-4-6-8/h2-6H,1H3. The molecule has 3 nitrogen and oxygen atoms in total. The Bertz CT molecular complexity index is 679. The summed E-state index contributed by atoms with van der Waals surface area (Å²) in [5, 5.41) is 1.34. The van der Waals surface area contributed by atoms with E-state index in [0.29, 0.717) is 16.5 Å². The van der Waals surface area contributed by atoms with Gasteiger partial charge in [0.2, 0.25) is 0 Å². The Hall–Kier alpha value is -1.52. The molecule has 0 N–H and O–H groups in total. The van der Waals surface area contributed by atoms with Crippen molar-refractivity contribution in [3.05, 3.63) is 41.3 Å². The molecular formula is C12H8ClN3S. The lowest BCUT2D eigenvalue weighted by molar-refractivity contribution is 1.09. The van der Waals surface area contributed by atoms with Crippen LogP contribution < -0.4 is 0 Å². The molecule has 0 saturated heterocycles. The number of aromatic nitrogens is 3.